The van der Waals surface area contributed by atoms with Gasteiger partial charge in [-0.1, -0.05) is 42.5 Å². The smallest absolute Gasteiger partial charge is 0.237 e. The Morgan fingerprint density at radius 2 is 1.62 bits per heavy atom. The molecule has 1 saturated carbocycles. The van der Waals surface area contributed by atoms with Gasteiger partial charge in [-0.05, 0) is 55.4 Å². The molecule has 4 rings (SSSR count). The molecule has 0 unspecified atom stereocenters. The van der Waals surface area contributed by atoms with Crippen molar-refractivity contribution in [2.45, 2.75) is 32.1 Å². The number of fused-ring (bicyclic) bond motifs is 1. The number of anilines is 1. The lowest BCUT2D eigenvalue weighted by Gasteiger charge is -2.28. The van der Waals surface area contributed by atoms with Crippen LogP contribution in [0.4, 0.5) is 5.69 Å². The van der Waals surface area contributed by atoms with Gasteiger partial charge in [-0.3, -0.25) is 14.5 Å². The number of carbonyl (C=O) groups excluding carboxylic acids is 2. The van der Waals surface area contributed by atoms with Gasteiger partial charge in [-0.2, -0.15) is 0 Å². The third kappa shape index (κ3) is 2.44. The van der Waals surface area contributed by atoms with E-state index in [0.717, 1.165) is 30.5 Å². The zero-order valence-corrected chi connectivity index (χ0v) is 13.8. The lowest BCUT2D eigenvalue weighted by Crippen LogP contribution is -2.30. The van der Waals surface area contributed by atoms with Crippen molar-refractivity contribution >= 4 is 17.5 Å². The summed E-state index contributed by atoms with van der Waals surface area (Å²) in [6.45, 7) is 1.98. The second-order valence-corrected chi connectivity index (χ2v) is 6.98. The van der Waals surface area contributed by atoms with Crippen LogP contribution < -0.4 is 4.90 Å². The lowest BCUT2D eigenvalue weighted by molar-refractivity contribution is -0.122. The monoisotopic (exact) mass is 319 g/mol. The highest BCUT2D eigenvalue weighted by atomic mass is 16.2. The molecular formula is C21H21NO2. The van der Waals surface area contributed by atoms with E-state index in [0.29, 0.717) is 5.92 Å². The summed E-state index contributed by atoms with van der Waals surface area (Å²) in [5.41, 5.74) is 3.06. The van der Waals surface area contributed by atoms with Gasteiger partial charge in [0.25, 0.3) is 0 Å². The molecule has 3 heteroatoms. The molecule has 122 valence electrons. The van der Waals surface area contributed by atoms with E-state index in [-0.39, 0.29) is 23.7 Å². The van der Waals surface area contributed by atoms with Crippen molar-refractivity contribution < 1.29 is 9.59 Å². The van der Waals surface area contributed by atoms with Crippen LogP contribution in [0, 0.1) is 18.8 Å². The summed E-state index contributed by atoms with van der Waals surface area (Å²) in [7, 11) is 0. The van der Waals surface area contributed by atoms with Crippen molar-refractivity contribution in [2.24, 2.45) is 11.8 Å². The van der Waals surface area contributed by atoms with E-state index in [4.69, 9.17) is 0 Å². The number of amides is 2. The Kier molecular flexibility index (Phi) is 3.72. The van der Waals surface area contributed by atoms with Gasteiger partial charge < -0.3 is 0 Å². The number of aryl methyl sites for hydroxylation is 1. The van der Waals surface area contributed by atoms with Gasteiger partial charge in [-0.15, -0.1) is 0 Å². The summed E-state index contributed by atoms with van der Waals surface area (Å²) >= 11 is 0. The largest absolute Gasteiger partial charge is 0.274 e. The SMILES string of the molecule is Cc1cccc(N2C(=O)[C@H]3CC[C@@H](c4ccccc4)C[C@@H]3C2=O)c1. The van der Waals surface area contributed by atoms with Gasteiger partial charge >= 0.3 is 0 Å². The zero-order valence-electron chi connectivity index (χ0n) is 13.8. The molecule has 3 atom stereocenters. The Morgan fingerprint density at radius 1 is 0.875 bits per heavy atom. The molecule has 2 aliphatic rings. The van der Waals surface area contributed by atoms with Crippen molar-refractivity contribution in [3.8, 4) is 0 Å². The maximum absolute atomic E-state index is 12.9. The molecule has 1 aliphatic heterocycles. The molecule has 24 heavy (non-hydrogen) atoms. The number of hydrogen-bond donors (Lipinski definition) is 0. The minimum absolute atomic E-state index is 0.0119. The minimum Gasteiger partial charge on any atom is -0.274 e. The molecule has 2 aromatic carbocycles. The van der Waals surface area contributed by atoms with Crippen molar-refractivity contribution in [2.75, 3.05) is 4.90 Å². The minimum atomic E-state index is -0.169. The predicted molar refractivity (Wildman–Crippen MR) is 93.7 cm³/mol. The molecule has 1 heterocycles. The van der Waals surface area contributed by atoms with E-state index in [1.54, 1.807) is 0 Å². The molecule has 0 radical (unpaired) electrons. The first kappa shape index (κ1) is 15.1. The van der Waals surface area contributed by atoms with E-state index >= 15 is 0 Å². The first-order valence-electron chi connectivity index (χ1n) is 8.64. The Balaban J connectivity index is 1.61. The van der Waals surface area contributed by atoms with Gasteiger partial charge in [0.15, 0.2) is 0 Å². The predicted octanol–water partition coefficient (Wildman–Crippen LogP) is 4.07. The van der Waals surface area contributed by atoms with Crippen molar-refractivity contribution in [3.63, 3.8) is 0 Å². The number of carbonyl (C=O) groups is 2. The summed E-state index contributed by atoms with van der Waals surface area (Å²) in [5, 5.41) is 0. The molecule has 2 aromatic rings. The molecule has 0 aromatic heterocycles. The second kappa shape index (κ2) is 5.90. The highest BCUT2D eigenvalue weighted by Crippen LogP contribution is 2.45. The Bertz CT molecular complexity index is 783. The first-order valence-corrected chi connectivity index (χ1v) is 8.64. The number of nitrogens with zero attached hydrogens (tertiary/aromatic N) is 1. The van der Waals surface area contributed by atoms with Crippen LogP contribution >= 0.6 is 0 Å². The van der Waals surface area contributed by atoms with Gasteiger partial charge in [0, 0.05) is 0 Å². The maximum Gasteiger partial charge on any atom is 0.237 e. The molecule has 3 nitrogen and oxygen atoms in total. The summed E-state index contributed by atoms with van der Waals surface area (Å²) in [6.07, 6.45) is 2.56. The fourth-order valence-electron chi connectivity index (χ4n) is 4.23. The molecule has 0 spiro atoms. The van der Waals surface area contributed by atoms with Gasteiger partial charge in [-0.25, -0.2) is 0 Å². The zero-order chi connectivity index (χ0) is 16.7. The summed E-state index contributed by atoms with van der Waals surface area (Å²) in [5.74, 6) is 0.0370. The van der Waals surface area contributed by atoms with Crippen LogP contribution in [0.25, 0.3) is 0 Å². The summed E-state index contributed by atoms with van der Waals surface area (Å²) < 4.78 is 0. The highest BCUT2D eigenvalue weighted by Gasteiger charge is 2.50. The lowest BCUT2D eigenvalue weighted by atomic mass is 9.73. The molecule has 2 amide bonds. The second-order valence-electron chi connectivity index (χ2n) is 6.98. The molecule has 1 aliphatic carbocycles. The average Bonchev–Trinajstić information content (AvgIpc) is 2.86. The van der Waals surface area contributed by atoms with E-state index in [9.17, 15) is 9.59 Å². The van der Waals surface area contributed by atoms with E-state index in [1.165, 1.54) is 10.5 Å². The van der Waals surface area contributed by atoms with Crippen LogP contribution in [0.2, 0.25) is 0 Å². The summed E-state index contributed by atoms with van der Waals surface area (Å²) in [4.78, 5) is 27.2. The van der Waals surface area contributed by atoms with Crippen LogP contribution in [-0.4, -0.2) is 11.8 Å². The number of imide groups is 1. The quantitative estimate of drug-likeness (QED) is 0.783. The fraction of sp³-hybridized carbons (Fsp3) is 0.333. The van der Waals surface area contributed by atoms with Gasteiger partial charge in [0.1, 0.15) is 0 Å². The number of rotatable bonds is 2. The highest BCUT2D eigenvalue weighted by molar-refractivity contribution is 6.22. The van der Waals surface area contributed by atoms with Crippen LogP contribution in [0.3, 0.4) is 0 Å². The first-order chi connectivity index (χ1) is 11.6. The van der Waals surface area contributed by atoms with Crippen LogP contribution in [0.5, 0.6) is 0 Å². The van der Waals surface area contributed by atoms with Crippen molar-refractivity contribution in [3.05, 3.63) is 65.7 Å². The standard InChI is InChI=1S/C21H21NO2/c1-14-6-5-9-17(12-14)22-20(23)18-11-10-16(13-19(18)21(22)24)15-7-3-2-4-8-15/h2-9,12,16,18-19H,10-11,13H2,1H3/t16-,18+,19+/m1/s1. The molecule has 2 fully saturated rings. The van der Waals surface area contributed by atoms with Crippen molar-refractivity contribution in [1.82, 2.24) is 0 Å². The van der Waals surface area contributed by atoms with E-state index in [1.807, 2.05) is 49.4 Å². The number of benzene rings is 2. The van der Waals surface area contributed by atoms with Crippen LogP contribution in [0.1, 0.15) is 36.3 Å². The topological polar surface area (TPSA) is 37.4 Å². The molecular weight excluding hydrogens is 298 g/mol. The average molecular weight is 319 g/mol. The molecule has 1 saturated heterocycles. The van der Waals surface area contributed by atoms with Gasteiger partial charge in [0.05, 0.1) is 17.5 Å². The van der Waals surface area contributed by atoms with Crippen LogP contribution in [0.15, 0.2) is 54.6 Å². The fourth-order valence-corrected chi connectivity index (χ4v) is 4.23. The van der Waals surface area contributed by atoms with Crippen LogP contribution in [-0.2, 0) is 9.59 Å². The maximum atomic E-state index is 12.9. The number of hydrogen-bond acceptors (Lipinski definition) is 2. The molecule has 0 bridgehead atoms. The third-order valence-electron chi connectivity index (χ3n) is 5.46. The molecule has 0 N–H and O–H groups in total. The van der Waals surface area contributed by atoms with Gasteiger partial charge in [0.2, 0.25) is 11.8 Å². The summed E-state index contributed by atoms with van der Waals surface area (Å²) in [6, 6.07) is 18.0. The normalized spacial score (nSPS) is 26.5. The van der Waals surface area contributed by atoms with E-state index in [2.05, 4.69) is 12.1 Å². The Labute approximate surface area is 142 Å². The van der Waals surface area contributed by atoms with Crippen molar-refractivity contribution in [1.29, 1.82) is 0 Å². The Morgan fingerprint density at radius 3 is 2.38 bits per heavy atom. The Hall–Kier alpha value is -2.42. The third-order valence-corrected chi connectivity index (χ3v) is 5.46. The van der Waals surface area contributed by atoms with E-state index < -0.39 is 0 Å².